The maximum Gasteiger partial charge on any atom is 0.243 e. The zero-order chi connectivity index (χ0) is 27.2. The smallest absolute Gasteiger partial charge is 0.243 e. The summed E-state index contributed by atoms with van der Waals surface area (Å²) in [6.45, 7) is 9.46. The highest BCUT2D eigenvalue weighted by Crippen LogP contribution is 2.33. The molecular weight excluding hydrogens is 478 g/mol. The fourth-order valence-electron chi connectivity index (χ4n) is 4.15. The van der Waals surface area contributed by atoms with Gasteiger partial charge in [-0.3, -0.25) is 4.98 Å². The molecule has 0 unspecified atom stereocenters. The number of nitrogens with one attached hydrogen (secondary N) is 2. The predicted octanol–water partition coefficient (Wildman–Crippen LogP) is 6.40. The molecule has 1 aliphatic carbocycles. The number of fused-ring (bicyclic) bond motifs is 1. The van der Waals surface area contributed by atoms with Gasteiger partial charge in [0.15, 0.2) is 5.82 Å². The van der Waals surface area contributed by atoms with Gasteiger partial charge in [-0.05, 0) is 71.6 Å². The first-order chi connectivity index (χ1) is 17.5. The third kappa shape index (κ3) is 7.64. The van der Waals surface area contributed by atoms with E-state index in [1.54, 1.807) is 7.05 Å². The van der Waals surface area contributed by atoms with Crippen LogP contribution in [0.25, 0.3) is 16.8 Å². The van der Waals surface area contributed by atoms with Crippen LogP contribution in [0.2, 0.25) is 0 Å². The Morgan fingerprint density at radius 2 is 1.86 bits per heavy atom. The largest absolute Gasteiger partial charge is 0.390 e. The average Bonchev–Trinajstić information content (AvgIpc) is 3.26. The van der Waals surface area contributed by atoms with Crippen LogP contribution in [0.15, 0.2) is 34.6 Å². The van der Waals surface area contributed by atoms with E-state index < -0.39 is 12.0 Å². The van der Waals surface area contributed by atoms with E-state index in [1.165, 1.54) is 6.92 Å². The molecule has 1 aliphatic rings. The number of aliphatic hydroxyl groups is 1. The van der Waals surface area contributed by atoms with Gasteiger partial charge in [0.05, 0.1) is 17.0 Å². The summed E-state index contributed by atoms with van der Waals surface area (Å²) < 4.78 is 23.4. The Labute approximate surface area is 216 Å². The summed E-state index contributed by atoms with van der Waals surface area (Å²) >= 11 is 0. The Hall–Kier alpha value is -3.21. The number of halogens is 2. The van der Waals surface area contributed by atoms with Crippen LogP contribution in [0.3, 0.4) is 0 Å². The lowest BCUT2D eigenvalue weighted by molar-refractivity contribution is 0.0195. The Morgan fingerprint density at radius 1 is 1.19 bits per heavy atom. The number of anilines is 2. The van der Waals surface area contributed by atoms with Gasteiger partial charge in [0.25, 0.3) is 0 Å². The molecule has 0 aliphatic heterocycles. The molecule has 202 valence electrons. The molecule has 0 radical (unpaired) electrons. The van der Waals surface area contributed by atoms with Crippen LogP contribution >= 0.6 is 0 Å². The highest BCUT2D eigenvalue weighted by Gasteiger charge is 2.29. The molecule has 3 aromatic heterocycles. The SMILES string of the molecule is CCC(F)F.CN=Nc1ccc(-c2ccn3nc(NC4CCC(C)(O)CC4)nc(NC(C)C)c23)nc1C. The number of nitrogens with zero attached hydrogens (tertiary/aromatic N) is 6. The van der Waals surface area contributed by atoms with Crippen LogP contribution in [0.4, 0.5) is 26.2 Å². The van der Waals surface area contributed by atoms with Crippen molar-refractivity contribution in [2.45, 2.75) is 90.8 Å². The average molecular weight is 517 g/mol. The molecule has 1 saturated carbocycles. The van der Waals surface area contributed by atoms with E-state index in [0.29, 0.717) is 5.95 Å². The van der Waals surface area contributed by atoms with Gasteiger partial charge < -0.3 is 15.7 Å². The van der Waals surface area contributed by atoms with Gasteiger partial charge >= 0.3 is 0 Å². The Balaban J connectivity index is 0.000000695. The molecule has 4 rings (SSSR count). The normalized spacial score (nSPS) is 19.9. The Bertz CT molecular complexity index is 1200. The van der Waals surface area contributed by atoms with Crippen molar-refractivity contribution in [2.75, 3.05) is 17.7 Å². The van der Waals surface area contributed by atoms with Gasteiger partial charge in [0, 0.05) is 37.3 Å². The number of hydrogen-bond donors (Lipinski definition) is 3. The van der Waals surface area contributed by atoms with E-state index >= 15 is 0 Å². The van der Waals surface area contributed by atoms with E-state index in [2.05, 4.69) is 34.7 Å². The second-order valence-electron chi connectivity index (χ2n) is 9.92. The monoisotopic (exact) mass is 516 g/mol. The molecular formula is C26H38F2N8O. The molecule has 0 atom stereocenters. The third-order valence-corrected chi connectivity index (χ3v) is 6.18. The zero-order valence-corrected chi connectivity index (χ0v) is 22.5. The fraction of sp³-hybridized carbons (Fsp3) is 0.577. The van der Waals surface area contributed by atoms with Crippen molar-refractivity contribution in [1.82, 2.24) is 19.6 Å². The summed E-state index contributed by atoms with van der Waals surface area (Å²) in [7, 11) is 1.65. The van der Waals surface area contributed by atoms with Crippen LogP contribution in [-0.2, 0) is 0 Å². The van der Waals surface area contributed by atoms with Crippen LogP contribution in [0.5, 0.6) is 0 Å². The molecule has 0 amide bonds. The summed E-state index contributed by atoms with van der Waals surface area (Å²) in [5.74, 6) is 1.34. The van der Waals surface area contributed by atoms with E-state index in [0.717, 1.165) is 59.7 Å². The van der Waals surface area contributed by atoms with Crippen molar-refractivity contribution in [3.63, 3.8) is 0 Å². The van der Waals surface area contributed by atoms with Gasteiger partial charge in [-0.1, -0.05) is 6.92 Å². The number of azo groups is 1. The van der Waals surface area contributed by atoms with Crippen molar-refractivity contribution in [1.29, 1.82) is 0 Å². The highest BCUT2D eigenvalue weighted by atomic mass is 19.3. The summed E-state index contributed by atoms with van der Waals surface area (Å²) in [6, 6.07) is 6.35. The standard InChI is InChI=1S/C23H32N8O.C3H6F2/c1-14(2)25-21-20-17(19-7-6-18(29-24-5)15(3)26-19)10-13-31(20)30-22(28-21)27-16-8-11-23(4,32)12-9-16;1-2-3(4)5/h6-7,10,13-14,16,32H,8-9,11-12H2,1-5H3,(H2,25,27,28,30);3H,2H2,1H3. The molecule has 9 nitrogen and oxygen atoms in total. The van der Waals surface area contributed by atoms with Crippen LogP contribution < -0.4 is 10.6 Å². The number of rotatable bonds is 7. The second-order valence-corrected chi connectivity index (χ2v) is 9.92. The number of hydrogen-bond acceptors (Lipinski definition) is 8. The molecule has 3 N–H and O–H groups in total. The first kappa shape index (κ1) is 28.4. The second kappa shape index (κ2) is 12.4. The van der Waals surface area contributed by atoms with Gasteiger partial charge in [-0.25, -0.2) is 13.3 Å². The zero-order valence-electron chi connectivity index (χ0n) is 22.5. The van der Waals surface area contributed by atoms with E-state index in [-0.39, 0.29) is 18.5 Å². The molecule has 0 bridgehead atoms. The van der Waals surface area contributed by atoms with Crippen LogP contribution in [-0.4, -0.2) is 55.8 Å². The van der Waals surface area contributed by atoms with Gasteiger partial charge in [0.2, 0.25) is 12.4 Å². The molecule has 3 aromatic rings. The van der Waals surface area contributed by atoms with Crippen LogP contribution in [0.1, 0.15) is 65.5 Å². The van der Waals surface area contributed by atoms with Crippen molar-refractivity contribution in [3.05, 3.63) is 30.1 Å². The quantitative estimate of drug-likeness (QED) is 0.313. The predicted molar refractivity (Wildman–Crippen MR) is 143 cm³/mol. The lowest BCUT2D eigenvalue weighted by Gasteiger charge is -2.33. The molecule has 3 heterocycles. The number of aryl methyl sites for hydroxylation is 1. The minimum Gasteiger partial charge on any atom is -0.390 e. The molecule has 0 aromatic carbocycles. The summed E-state index contributed by atoms with van der Waals surface area (Å²) in [5, 5.41) is 29.9. The topological polar surface area (TPSA) is 112 Å². The lowest BCUT2D eigenvalue weighted by atomic mass is 9.84. The van der Waals surface area contributed by atoms with Crippen molar-refractivity contribution < 1.29 is 13.9 Å². The maximum absolute atomic E-state index is 10.8. The number of aromatic nitrogens is 4. The van der Waals surface area contributed by atoms with Gasteiger partial charge in [-0.15, -0.1) is 5.10 Å². The highest BCUT2D eigenvalue weighted by molar-refractivity contribution is 5.88. The summed E-state index contributed by atoms with van der Waals surface area (Å²) in [6.07, 6.45) is 3.12. The van der Waals surface area contributed by atoms with Gasteiger partial charge in [-0.2, -0.15) is 15.2 Å². The van der Waals surface area contributed by atoms with Gasteiger partial charge in [0.1, 0.15) is 11.2 Å². The van der Waals surface area contributed by atoms with Crippen molar-refractivity contribution in [3.8, 4) is 11.3 Å². The maximum atomic E-state index is 10.8. The minimum absolute atomic E-state index is 0.0278. The third-order valence-electron chi connectivity index (χ3n) is 6.18. The Morgan fingerprint density at radius 3 is 2.43 bits per heavy atom. The van der Waals surface area contributed by atoms with Crippen molar-refractivity contribution in [2.24, 2.45) is 10.2 Å². The van der Waals surface area contributed by atoms with Crippen molar-refractivity contribution >= 4 is 23.0 Å². The number of pyridine rings is 1. The first-order valence-electron chi connectivity index (χ1n) is 12.7. The van der Waals surface area contributed by atoms with Crippen LogP contribution in [0, 0.1) is 6.92 Å². The molecule has 1 fully saturated rings. The minimum atomic E-state index is -2.12. The summed E-state index contributed by atoms with van der Waals surface area (Å²) in [5.41, 5.74) is 3.68. The molecule has 0 saturated heterocycles. The van der Waals surface area contributed by atoms with E-state index in [4.69, 9.17) is 15.1 Å². The lowest BCUT2D eigenvalue weighted by Crippen LogP contribution is -2.36. The molecule has 0 spiro atoms. The fourth-order valence-corrected chi connectivity index (χ4v) is 4.15. The molecule has 11 heteroatoms. The van der Waals surface area contributed by atoms with E-state index in [1.807, 2.05) is 42.8 Å². The Kier molecular flexibility index (Phi) is 9.47. The molecule has 37 heavy (non-hydrogen) atoms. The summed E-state index contributed by atoms with van der Waals surface area (Å²) in [4.78, 5) is 9.57. The van der Waals surface area contributed by atoms with E-state index in [9.17, 15) is 13.9 Å². The first-order valence-corrected chi connectivity index (χ1v) is 12.7. The number of alkyl halides is 2.